The molecule has 0 aromatic heterocycles. The highest BCUT2D eigenvalue weighted by Crippen LogP contribution is 2.01. The van der Waals surface area contributed by atoms with E-state index in [1.165, 1.54) is 0 Å². The molecule has 0 amide bonds. The Hall–Kier alpha value is -1.36. The third-order valence-corrected chi connectivity index (χ3v) is 1.09. The van der Waals surface area contributed by atoms with E-state index in [0.29, 0.717) is 6.08 Å². The van der Waals surface area contributed by atoms with Gasteiger partial charge in [0.05, 0.1) is 0 Å². The quantitative estimate of drug-likeness (QED) is 0.492. The van der Waals surface area contributed by atoms with Crippen LogP contribution in [-0.4, -0.2) is 27.9 Å². The Morgan fingerprint density at radius 2 is 1.75 bits per heavy atom. The van der Waals surface area contributed by atoms with Crippen LogP contribution in [0.25, 0.3) is 0 Å². The van der Waals surface area contributed by atoms with Crippen LogP contribution in [0.4, 0.5) is 0 Å². The van der Waals surface area contributed by atoms with E-state index in [-0.39, 0.29) is 0 Å². The first kappa shape index (κ1) is 10.6. The summed E-state index contributed by atoms with van der Waals surface area (Å²) >= 11 is 5.04. The van der Waals surface area contributed by atoms with Crippen molar-refractivity contribution in [1.29, 1.82) is 0 Å². The van der Waals surface area contributed by atoms with Crippen molar-refractivity contribution in [3.05, 3.63) is 11.1 Å². The third kappa shape index (κ3) is 4.45. The molecule has 0 spiro atoms. The van der Waals surface area contributed by atoms with Crippen molar-refractivity contribution < 1.29 is 24.6 Å². The number of carboxylic acid groups (broad SMARTS) is 2. The molecule has 0 aliphatic heterocycles. The molecule has 5 nitrogen and oxygen atoms in total. The normalized spacial score (nSPS) is 10.9. The van der Waals surface area contributed by atoms with Gasteiger partial charge in [0.15, 0.2) is 5.78 Å². The molecule has 0 aliphatic rings. The molecule has 0 aliphatic carbocycles. The zero-order valence-corrected chi connectivity index (χ0v) is 6.54. The number of allylic oxidation sites excluding steroid dienone is 1. The van der Waals surface area contributed by atoms with Gasteiger partial charge in [0.25, 0.3) is 0 Å². The van der Waals surface area contributed by atoms with Crippen LogP contribution in [0, 0.1) is 0 Å². The van der Waals surface area contributed by atoms with E-state index in [4.69, 9.17) is 21.8 Å². The second-order valence-electron chi connectivity index (χ2n) is 1.83. The molecular formula is C6H5ClO5. The third-order valence-electron chi connectivity index (χ3n) is 0.817. The number of rotatable bonds is 4. The Kier molecular flexibility index (Phi) is 3.99. The zero-order chi connectivity index (χ0) is 9.72. The van der Waals surface area contributed by atoms with Crippen molar-refractivity contribution in [2.24, 2.45) is 0 Å². The highest BCUT2D eigenvalue weighted by atomic mass is 35.5. The second-order valence-corrected chi connectivity index (χ2v) is 2.24. The molecule has 2 N–H and O–H groups in total. The van der Waals surface area contributed by atoms with Crippen LogP contribution in [0.15, 0.2) is 11.1 Å². The Balaban J connectivity index is 4.24. The predicted molar refractivity (Wildman–Crippen MR) is 38.8 cm³/mol. The van der Waals surface area contributed by atoms with Gasteiger partial charge in [-0.3, -0.25) is 9.59 Å². The molecule has 0 unspecified atom stereocenters. The van der Waals surface area contributed by atoms with E-state index in [9.17, 15) is 14.4 Å². The lowest BCUT2D eigenvalue weighted by atomic mass is 10.2. The Morgan fingerprint density at radius 1 is 1.25 bits per heavy atom. The lowest BCUT2D eigenvalue weighted by molar-refractivity contribution is -0.139. The number of carbonyl (C=O) groups is 3. The Morgan fingerprint density at radius 3 is 2.08 bits per heavy atom. The van der Waals surface area contributed by atoms with E-state index in [1.807, 2.05) is 0 Å². The molecule has 0 bridgehead atoms. The highest BCUT2D eigenvalue weighted by molar-refractivity contribution is 6.42. The molecule has 0 fully saturated rings. The van der Waals surface area contributed by atoms with Gasteiger partial charge in [0, 0.05) is 6.08 Å². The van der Waals surface area contributed by atoms with Crippen molar-refractivity contribution in [3.63, 3.8) is 0 Å². The molecular weight excluding hydrogens is 188 g/mol. The van der Waals surface area contributed by atoms with E-state index in [2.05, 4.69) is 0 Å². The molecule has 0 atom stereocenters. The number of halogens is 1. The van der Waals surface area contributed by atoms with E-state index >= 15 is 0 Å². The Bertz CT molecular complexity index is 255. The van der Waals surface area contributed by atoms with Crippen molar-refractivity contribution in [3.8, 4) is 0 Å². The second kappa shape index (κ2) is 4.50. The lowest BCUT2D eigenvalue weighted by Gasteiger charge is -1.89. The maximum atomic E-state index is 10.6. The number of hydrogen-bond donors (Lipinski definition) is 2. The average molecular weight is 193 g/mol. The van der Waals surface area contributed by atoms with Gasteiger partial charge in [-0.1, -0.05) is 11.6 Å². The van der Waals surface area contributed by atoms with Crippen LogP contribution >= 0.6 is 11.6 Å². The van der Waals surface area contributed by atoms with Crippen molar-refractivity contribution in [2.75, 3.05) is 0 Å². The summed E-state index contributed by atoms with van der Waals surface area (Å²) in [5.74, 6) is -3.64. The lowest BCUT2D eigenvalue weighted by Crippen LogP contribution is -2.05. The summed E-state index contributed by atoms with van der Waals surface area (Å²) in [6, 6.07) is 0. The average Bonchev–Trinajstić information content (AvgIpc) is 1.84. The van der Waals surface area contributed by atoms with Gasteiger partial charge in [0.2, 0.25) is 0 Å². The summed E-state index contributed by atoms with van der Waals surface area (Å²) in [7, 11) is 0. The summed E-state index contributed by atoms with van der Waals surface area (Å²) < 4.78 is 0. The number of carboxylic acids is 2. The van der Waals surface area contributed by atoms with Gasteiger partial charge >= 0.3 is 11.9 Å². The number of hydrogen-bond acceptors (Lipinski definition) is 3. The summed E-state index contributed by atoms with van der Waals surface area (Å²) in [5.41, 5.74) is 0. The maximum Gasteiger partial charge on any atom is 0.347 e. The van der Waals surface area contributed by atoms with E-state index in [0.717, 1.165) is 0 Å². The number of aliphatic carboxylic acids is 2. The van der Waals surface area contributed by atoms with Crippen molar-refractivity contribution >= 4 is 29.3 Å². The van der Waals surface area contributed by atoms with Crippen LogP contribution in [-0.2, 0) is 14.4 Å². The topological polar surface area (TPSA) is 91.7 Å². The van der Waals surface area contributed by atoms with Crippen LogP contribution in [0.3, 0.4) is 0 Å². The molecule has 6 heteroatoms. The molecule has 0 saturated carbocycles. The van der Waals surface area contributed by atoms with E-state index in [1.54, 1.807) is 0 Å². The SMILES string of the molecule is O=C(O)CC(=O)C=C(Cl)C(=O)O. The van der Waals surface area contributed by atoms with Crippen molar-refractivity contribution in [2.45, 2.75) is 6.42 Å². The molecule has 66 valence electrons. The van der Waals surface area contributed by atoms with Crippen LogP contribution in [0.1, 0.15) is 6.42 Å². The minimum absolute atomic E-state index is 0.567. The minimum atomic E-state index is -1.46. The molecule has 0 heterocycles. The van der Waals surface area contributed by atoms with Gasteiger partial charge in [-0.15, -0.1) is 0 Å². The first-order valence-corrected chi connectivity index (χ1v) is 3.16. The van der Waals surface area contributed by atoms with Crippen molar-refractivity contribution in [1.82, 2.24) is 0 Å². The van der Waals surface area contributed by atoms with E-state index < -0.39 is 29.2 Å². The largest absolute Gasteiger partial charge is 0.481 e. The number of carbonyl (C=O) groups excluding carboxylic acids is 1. The summed E-state index contributed by atoms with van der Waals surface area (Å²) in [6.07, 6.45) is -0.193. The fourth-order valence-electron chi connectivity index (χ4n) is 0.403. The fourth-order valence-corrected chi connectivity index (χ4v) is 0.525. The smallest absolute Gasteiger partial charge is 0.347 e. The summed E-state index contributed by atoms with van der Waals surface area (Å²) in [5, 5.41) is 15.6. The minimum Gasteiger partial charge on any atom is -0.481 e. The first-order chi connectivity index (χ1) is 5.43. The molecule has 0 rings (SSSR count). The zero-order valence-electron chi connectivity index (χ0n) is 5.78. The molecule has 0 saturated heterocycles. The van der Waals surface area contributed by atoms with Gasteiger partial charge in [-0.05, 0) is 0 Å². The molecule has 12 heavy (non-hydrogen) atoms. The van der Waals surface area contributed by atoms with Crippen LogP contribution in [0.2, 0.25) is 0 Å². The van der Waals surface area contributed by atoms with Crippen LogP contribution in [0.5, 0.6) is 0 Å². The predicted octanol–water partition coefficient (Wildman–Crippen LogP) is 0.238. The summed E-state index contributed by atoms with van der Waals surface area (Å²) in [6.45, 7) is 0. The van der Waals surface area contributed by atoms with Gasteiger partial charge in [-0.25, -0.2) is 4.79 Å². The van der Waals surface area contributed by atoms with Gasteiger partial charge < -0.3 is 10.2 Å². The van der Waals surface area contributed by atoms with Gasteiger partial charge in [0.1, 0.15) is 11.5 Å². The van der Waals surface area contributed by atoms with Gasteiger partial charge in [-0.2, -0.15) is 0 Å². The Labute approximate surface area is 72.3 Å². The fraction of sp³-hybridized carbons (Fsp3) is 0.167. The first-order valence-electron chi connectivity index (χ1n) is 2.78. The highest BCUT2D eigenvalue weighted by Gasteiger charge is 2.09. The summed E-state index contributed by atoms with van der Waals surface area (Å²) in [4.78, 5) is 30.5. The number of ketones is 1. The molecule has 0 aromatic carbocycles. The molecule has 0 radical (unpaired) electrons. The van der Waals surface area contributed by atoms with Crippen LogP contribution < -0.4 is 0 Å². The standard InChI is InChI=1S/C6H5ClO5/c7-4(6(11)12)1-3(8)2-5(9)10/h1H,2H2,(H,9,10)(H,11,12). The monoisotopic (exact) mass is 192 g/mol. The molecule has 0 aromatic rings. The maximum absolute atomic E-state index is 10.6.